The molecule has 0 aliphatic carbocycles. The van der Waals surface area contributed by atoms with E-state index in [1.54, 1.807) is 0 Å². The molecule has 0 aromatic heterocycles. The number of aryl methyl sites for hydroxylation is 1. The monoisotopic (exact) mass is 234 g/mol. The first-order chi connectivity index (χ1) is 8.08. The van der Waals surface area contributed by atoms with Crippen molar-refractivity contribution >= 4 is 5.91 Å². The van der Waals surface area contributed by atoms with Gasteiger partial charge in [-0.05, 0) is 18.9 Å². The van der Waals surface area contributed by atoms with E-state index < -0.39 is 0 Å². The second-order valence-electron chi connectivity index (χ2n) is 4.62. The lowest BCUT2D eigenvalue weighted by molar-refractivity contribution is -0.120. The summed E-state index contributed by atoms with van der Waals surface area (Å²) in [6.45, 7) is 7.22. The highest BCUT2D eigenvalue weighted by atomic mass is 16.1. The van der Waals surface area contributed by atoms with Crippen molar-refractivity contribution in [3.05, 3.63) is 35.4 Å². The second-order valence-corrected chi connectivity index (χ2v) is 4.62. The first-order valence-electron chi connectivity index (χ1n) is 6.13. The first kappa shape index (κ1) is 13.7. The van der Waals surface area contributed by atoms with Gasteiger partial charge in [-0.1, -0.05) is 43.7 Å². The highest BCUT2D eigenvalue weighted by Gasteiger charge is 2.01. The van der Waals surface area contributed by atoms with Crippen LogP contribution in [0.5, 0.6) is 0 Å². The van der Waals surface area contributed by atoms with Crippen molar-refractivity contribution in [1.29, 1.82) is 0 Å². The number of benzene rings is 1. The fourth-order valence-electron chi connectivity index (χ4n) is 1.46. The van der Waals surface area contributed by atoms with Crippen molar-refractivity contribution in [3.8, 4) is 0 Å². The van der Waals surface area contributed by atoms with Crippen LogP contribution in [0.4, 0.5) is 0 Å². The number of carbonyl (C=O) groups excluding carboxylic acids is 1. The van der Waals surface area contributed by atoms with Gasteiger partial charge in [0.15, 0.2) is 0 Å². The zero-order valence-electron chi connectivity index (χ0n) is 10.9. The minimum absolute atomic E-state index is 0.0609. The third-order valence-electron chi connectivity index (χ3n) is 2.53. The summed E-state index contributed by atoms with van der Waals surface area (Å²) in [4.78, 5) is 11.4. The molecule has 17 heavy (non-hydrogen) atoms. The topological polar surface area (TPSA) is 41.1 Å². The van der Waals surface area contributed by atoms with Gasteiger partial charge in [0.05, 0.1) is 6.54 Å². The van der Waals surface area contributed by atoms with Crippen LogP contribution < -0.4 is 10.6 Å². The van der Waals surface area contributed by atoms with Crippen LogP contribution in [-0.2, 0) is 11.2 Å². The second kappa shape index (κ2) is 7.07. The summed E-state index contributed by atoms with van der Waals surface area (Å²) < 4.78 is 0. The Bertz CT molecular complexity index is 344. The molecule has 2 N–H and O–H groups in total. The zero-order chi connectivity index (χ0) is 12.7. The number of carbonyl (C=O) groups is 1. The lowest BCUT2D eigenvalue weighted by atomic mass is 10.1. The van der Waals surface area contributed by atoms with E-state index in [4.69, 9.17) is 0 Å². The fraction of sp³-hybridized carbons (Fsp3) is 0.500. The van der Waals surface area contributed by atoms with E-state index in [9.17, 15) is 4.79 Å². The van der Waals surface area contributed by atoms with Crippen LogP contribution in [0.1, 0.15) is 25.0 Å². The molecular weight excluding hydrogens is 212 g/mol. The van der Waals surface area contributed by atoms with Gasteiger partial charge in [-0.15, -0.1) is 0 Å². The van der Waals surface area contributed by atoms with Crippen LogP contribution in [0.15, 0.2) is 24.3 Å². The number of nitrogens with one attached hydrogen (secondary N) is 2. The molecular formula is C14H22N2O. The Hall–Kier alpha value is -1.35. The zero-order valence-corrected chi connectivity index (χ0v) is 10.9. The van der Waals surface area contributed by atoms with Crippen molar-refractivity contribution in [2.45, 2.75) is 33.2 Å². The van der Waals surface area contributed by atoms with Gasteiger partial charge in [0, 0.05) is 12.6 Å². The molecule has 1 aromatic carbocycles. The van der Waals surface area contributed by atoms with Crippen LogP contribution in [0.25, 0.3) is 0 Å². The molecule has 0 bridgehead atoms. The van der Waals surface area contributed by atoms with Gasteiger partial charge in [-0.25, -0.2) is 0 Å². The van der Waals surface area contributed by atoms with Crippen molar-refractivity contribution in [1.82, 2.24) is 10.6 Å². The molecule has 1 amide bonds. The fourth-order valence-corrected chi connectivity index (χ4v) is 1.46. The highest BCUT2D eigenvalue weighted by molar-refractivity contribution is 5.77. The summed E-state index contributed by atoms with van der Waals surface area (Å²) >= 11 is 0. The van der Waals surface area contributed by atoms with E-state index in [2.05, 4.69) is 41.8 Å². The Labute approximate surface area is 104 Å². The summed E-state index contributed by atoms with van der Waals surface area (Å²) in [6.07, 6.45) is 0.883. The van der Waals surface area contributed by atoms with Crippen molar-refractivity contribution < 1.29 is 4.79 Å². The Morgan fingerprint density at radius 1 is 1.24 bits per heavy atom. The third kappa shape index (κ3) is 6.07. The lowest BCUT2D eigenvalue weighted by Gasteiger charge is -2.09. The standard InChI is InChI=1S/C14H22N2O/c1-11(2)16-10-14(17)15-9-8-13-6-4-12(3)5-7-13/h4-7,11,16H,8-10H2,1-3H3,(H,15,17). The van der Waals surface area contributed by atoms with Gasteiger partial charge >= 0.3 is 0 Å². The summed E-state index contributed by atoms with van der Waals surface area (Å²) in [6, 6.07) is 8.74. The average Bonchev–Trinajstić information content (AvgIpc) is 2.29. The van der Waals surface area contributed by atoms with E-state index >= 15 is 0 Å². The molecule has 0 saturated heterocycles. The molecule has 0 spiro atoms. The van der Waals surface area contributed by atoms with Gasteiger partial charge in [0.2, 0.25) is 5.91 Å². The maximum absolute atomic E-state index is 11.4. The molecule has 3 nitrogen and oxygen atoms in total. The lowest BCUT2D eigenvalue weighted by Crippen LogP contribution is -2.37. The third-order valence-corrected chi connectivity index (χ3v) is 2.53. The van der Waals surface area contributed by atoms with Crippen LogP contribution in [0, 0.1) is 6.92 Å². The molecule has 0 heterocycles. The molecule has 0 atom stereocenters. The molecule has 0 unspecified atom stereocenters. The number of hydrogen-bond acceptors (Lipinski definition) is 2. The molecule has 0 aliphatic heterocycles. The molecule has 94 valence electrons. The van der Waals surface area contributed by atoms with E-state index in [0.717, 1.165) is 6.42 Å². The molecule has 1 aromatic rings. The predicted molar refractivity (Wildman–Crippen MR) is 71.0 cm³/mol. The average molecular weight is 234 g/mol. The van der Waals surface area contributed by atoms with E-state index in [0.29, 0.717) is 19.1 Å². The number of hydrogen-bond donors (Lipinski definition) is 2. The van der Waals surface area contributed by atoms with Crippen LogP contribution in [0.3, 0.4) is 0 Å². The quantitative estimate of drug-likeness (QED) is 0.786. The smallest absolute Gasteiger partial charge is 0.233 e. The Kier molecular flexibility index (Phi) is 5.70. The molecule has 0 fully saturated rings. The Morgan fingerprint density at radius 3 is 2.47 bits per heavy atom. The summed E-state index contributed by atoms with van der Waals surface area (Å²) in [5.74, 6) is 0.0609. The minimum Gasteiger partial charge on any atom is -0.355 e. The molecule has 3 heteroatoms. The summed E-state index contributed by atoms with van der Waals surface area (Å²) in [7, 11) is 0. The maximum atomic E-state index is 11.4. The molecule has 0 radical (unpaired) electrons. The molecule has 0 aliphatic rings. The van der Waals surface area contributed by atoms with Crippen molar-refractivity contribution in [2.75, 3.05) is 13.1 Å². The highest BCUT2D eigenvalue weighted by Crippen LogP contribution is 2.02. The van der Waals surface area contributed by atoms with Crippen LogP contribution >= 0.6 is 0 Å². The maximum Gasteiger partial charge on any atom is 0.233 e. The van der Waals surface area contributed by atoms with Gasteiger partial charge in [0.1, 0.15) is 0 Å². The van der Waals surface area contributed by atoms with Crippen molar-refractivity contribution in [2.24, 2.45) is 0 Å². The Morgan fingerprint density at radius 2 is 1.88 bits per heavy atom. The van der Waals surface area contributed by atoms with Crippen molar-refractivity contribution in [3.63, 3.8) is 0 Å². The largest absolute Gasteiger partial charge is 0.355 e. The van der Waals surface area contributed by atoms with E-state index in [1.165, 1.54) is 11.1 Å². The molecule has 0 saturated carbocycles. The number of amides is 1. The minimum atomic E-state index is 0.0609. The normalized spacial score (nSPS) is 10.6. The van der Waals surface area contributed by atoms with Gasteiger partial charge < -0.3 is 10.6 Å². The number of rotatable bonds is 6. The van der Waals surface area contributed by atoms with Gasteiger partial charge in [-0.3, -0.25) is 4.79 Å². The van der Waals surface area contributed by atoms with E-state index in [1.807, 2.05) is 13.8 Å². The SMILES string of the molecule is Cc1ccc(CCNC(=O)CNC(C)C)cc1. The molecule has 1 rings (SSSR count). The van der Waals surface area contributed by atoms with Gasteiger partial charge in [0.25, 0.3) is 0 Å². The van der Waals surface area contributed by atoms with Crippen LogP contribution in [-0.4, -0.2) is 25.0 Å². The summed E-state index contributed by atoms with van der Waals surface area (Å²) in [5, 5.41) is 5.99. The predicted octanol–water partition coefficient (Wildman–Crippen LogP) is 1.65. The summed E-state index contributed by atoms with van der Waals surface area (Å²) in [5.41, 5.74) is 2.52. The Balaban J connectivity index is 2.19. The first-order valence-corrected chi connectivity index (χ1v) is 6.13. The van der Waals surface area contributed by atoms with Crippen LogP contribution in [0.2, 0.25) is 0 Å². The van der Waals surface area contributed by atoms with Gasteiger partial charge in [-0.2, -0.15) is 0 Å². The van der Waals surface area contributed by atoms with E-state index in [-0.39, 0.29) is 5.91 Å².